The van der Waals surface area contributed by atoms with Gasteiger partial charge in [0.05, 0.1) is 27.2 Å². The molecule has 0 spiro atoms. The molecule has 1 amide bonds. The van der Waals surface area contributed by atoms with Crippen LogP contribution in [0.25, 0.3) is 0 Å². The van der Waals surface area contributed by atoms with Gasteiger partial charge in [-0.05, 0) is 40.5 Å². The van der Waals surface area contributed by atoms with E-state index in [1.807, 2.05) is 6.92 Å². The molecule has 0 unspecified atom stereocenters. The maximum absolute atomic E-state index is 12.2. The van der Waals surface area contributed by atoms with Gasteiger partial charge >= 0.3 is 0 Å². The summed E-state index contributed by atoms with van der Waals surface area (Å²) in [6.07, 6.45) is 0. The van der Waals surface area contributed by atoms with Crippen LogP contribution >= 0.6 is 15.9 Å². The van der Waals surface area contributed by atoms with Crippen LogP contribution in [-0.4, -0.2) is 15.8 Å². The van der Waals surface area contributed by atoms with Gasteiger partial charge in [-0.2, -0.15) is 0 Å². The molecule has 0 bridgehead atoms. The first-order chi connectivity index (χ1) is 10.8. The van der Waals surface area contributed by atoms with Gasteiger partial charge in [0.1, 0.15) is 0 Å². The minimum absolute atomic E-state index is 0.168. The zero-order chi connectivity index (χ0) is 17.1. The van der Waals surface area contributed by atoms with Crippen molar-refractivity contribution in [2.75, 3.05) is 5.32 Å². The molecule has 118 valence electrons. The fourth-order valence-corrected chi connectivity index (χ4v) is 2.45. The Morgan fingerprint density at radius 1 is 1.04 bits per heavy atom. The summed E-state index contributed by atoms with van der Waals surface area (Å²) in [6.45, 7) is 1.88. The second-order valence-corrected chi connectivity index (χ2v) is 5.54. The smallest absolute Gasteiger partial charge is 0.277 e. The van der Waals surface area contributed by atoms with E-state index in [2.05, 4.69) is 21.2 Å². The van der Waals surface area contributed by atoms with Crippen molar-refractivity contribution in [2.45, 2.75) is 6.92 Å². The lowest BCUT2D eigenvalue weighted by atomic mass is 10.1. The first-order valence-electron chi connectivity index (χ1n) is 6.29. The molecule has 2 aromatic carbocycles. The van der Waals surface area contributed by atoms with E-state index in [4.69, 9.17) is 0 Å². The number of benzene rings is 2. The summed E-state index contributed by atoms with van der Waals surface area (Å²) in [6, 6.07) is 8.00. The Bertz CT molecular complexity index is 790. The average Bonchev–Trinajstić information content (AvgIpc) is 2.49. The second-order valence-electron chi connectivity index (χ2n) is 4.69. The molecular formula is C14H10BrN3O5. The third kappa shape index (κ3) is 3.89. The second kappa shape index (κ2) is 6.53. The quantitative estimate of drug-likeness (QED) is 0.639. The largest absolute Gasteiger partial charge is 0.321 e. The van der Waals surface area contributed by atoms with Crippen molar-refractivity contribution in [1.29, 1.82) is 0 Å². The summed E-state index contributed by atoms with van der Waals surface area (Å²) in [4.78, 5) is 32.3. The minimum Gasteiger partial charge on any atom is -0.321 e. The van der Waals surface area contributed by atoms with Crippen LogP contribution in [-0.2, 0) is 0 Å². The molecule has 8 nitrogen and oxygen atoms in total. The molecule has 9 heteroatoms. The molecule has 0 heterocycles. The highest BCUT2D eigenvalue weighted by molar-refractivity contribution is 9.10. The number of carbonyl (C=O) groups is 1. The first-order valence-corrected chi connectivity index (χ1v) is 7.08. The van der Waals surface area contributed by atoms with Crippen molar-refractivity contribution in [1.82, 2.24) is 0 Å². The zero-order valence-electron chi connectivity index (χ0n) is 11.8. The number of nitro groups is 2. The van der Waals surface area contributed by atoms with Crippen LogP contribution in [0.3, 0.4) is 0 Å². The van der Waals surface area contributed by atoms with E-state index in [-0.39, 0.29) is 5.56 Å². The fourth-order valence-electron chi connectivity index (χ4n) is 1.85. The number of hydrogen-bond acceptors (Lipinski definition) is 5. The van der Waals surface area contributed by atoms with Gasteiger partial charge in [0.25, 0.3) is 17.3 Å². The number of non-ortho nitro benzene ring substituents is 2. The summed E-state index contributed by atoms with van der Waals surface area (Å²) < 4.78 is 0.630. The number of nitrogens with zero attached hydrogens (tertiary/aromatic N) is 2. The summed E-state index contributed by atoms with van der Waals surface area (Å²) in [5.74, 6) is -0.679. The molecule has 2 rings (SSSR count). The molecule has 1 N–H and O–H groups in total. The van der Waals surface area contributed by atoms with Crippen LogP contribution < -0.4 is 5.32 Å². The van der Waals surface area contributed by atoms with Crippen molar-refractivity contribution < 1.29 is 14.6 Å². The Balaban J connectivity index is 2.38. The van der Waals surface area contributed by atoms with Crippen molar-refractivity contribution in [2.24, 2.45) is 0 Å². The number of rotatable bonds is 4. The monoisotopic (exact) mass is 379 g/mol. The van der Waals surface area contributed by atoms with E-state index in [0.29, 0.717) is 10.2 Å². The van der Waals surface area contributed by atoms with Crippen LogP contribution in [0.2, 0.25) is 0 Å². The van der Waals surface area contributed by atoms with E-state index >= 15 is 0 Å². The number of carbonyl (C=O) groups excluding carboxylic acids is 1. The van der Waals surface area contributed by atoms with Crippen LogP contribution in [0.15, 0.2) is 40.9 Å². The number of amides is 1. The van der Waals surface area contributed by atoms with Crippen molar-refractivity contribution in [3.63, 3.8) is 0 Å². The van der Waals surface area contributed by atoms with E-state index in [9.17, 15) is 25.0 Å². The molecule has 2 aromatic rings. The zero-order valence-corrected chi connectivity index (χ0v) is 13.4. The van der Waals surface area contributed by atoms with Crippen LogP contribution in [0, 0.1) is 27.2 Å². The summed E-state index contributed by atoms with van der Waals surface area (Å²) >= 11 is 3.29. The van der Waals surface area contributed by atoms with Crippen molar-refractivity contribution in [3.8, 4) is 0 Å². The molecule has 0 fully saturated rings. The lowest BCUT2D eigenvalue weighted by Gasteiger charge is -2.08. The molecule has 0 radical (unpaired) electrons. The van der Waals surface area contributed by atoms with E-state index in [1.54, 1.807) is 18.2 Å². The third-order valence-electron chi connectivity index (χ3n) is 2.96. The lowest BCUT2D eigenvalue weighted by Crippen LogP contribution is -2.13. The third-order valence-corrected chi connectivity index (χ3v) is 3.62. The highest BCUT2D eigenvalue weighted by Gasteiger charge is 2.20. The average molecular weight is 380 g/mol. The minimum atomic E-state index is -0.786. The van der Waals surface area contributed by atoms with Crippen molar-refractivity contribution in [3.05, 3.63) is 72.2 Å². The Hall–Kier alpha value is -2.81. The lowest BCUT2D eigenvalue weighted by molar-refractivity contribution is -0.394. The fraction of sp³-hybridized carbons (Fsp3) is 0.0714. The van der Waals surface area contributed by atoms with Gasteiger partial charge in [0.2, 0.25) is 0 Å². The molecular weight excluding hydrogens is 370 g/mol. The predicted octanol–water partition coefficient (Wildman–Crippen LogP) is 3.83. The van der Waals surface area contributed by atoms with E-state index in [1.165, 1.54) is 0 Å². The van der Waals surface area contributed by atoms with Gasteiger partial charge in [-0.15, -0.1) is 0 Å². The molecule has 0 atom stereocenters. The summed E-state index contributed by atoms with van der Waals surface area (Å²) in [7, 11) is 0. The Kier molecular flexibility index (Phi) is 4.70. The van der Waals surface area contributed by atoms with Crippen LogP contribution in [0.4, 0.5) is 17.1 Å². The standard InChI is InChI=1S/C14H10BrN3O5/c1-8-2-3-13(12(15)4-8)16-14(19)9-5-10(17(20)21)7-11(6-9)18(22)23/h2-7H,1H3,(H,16,19). The maximum Gasteiger partial charge on any atom is 0.277 e. The van der Waals surface area contributed by atoms with Gasteiger partial charge in [0, 0.05) is 16.6 Å². The normalized spacial score (nSPS) is 10.2. The summed E-state index contributed by atoms with van der Waals surface area (Å²) in [5, 5.41) is 24.2. The number of nitro benzene ring substituents is 2. The van der Waals surface area contributed by atoms with Gasteiger partial charge in [-0.3, -0.25) is 25.0 Å². The van der Waals surface area contributed by atoms with Crippen LogP contribution in [0.5, 0.6) is 0 Å². The number of aryl methyl sites for hydroxylation is 1. The molecule has 0 saturated heterocycles. The van der Waals surface area contributed by atoms with Gasteiger partial charge in [-0.25, -0.2) is 0 Å². The SMILES string of the molecule is Cc1ccc(NC(=O)c2cc([N+](=O)[O-])cc([N+](=O)[O-])c2)c(Br)c1. The molecule has 0 aliphatic heterocycles. The highest BCUT2D eigenvalue weighted by Crippen LogP contribution is 2.26. The number of nitrogens with one attached hydrogen (secondary N) is 1. The Labute approximate surface area is 138 Å². The maximum atomic E-state index is 12.2. The van der Waals surface area contributed by atoms with Crippen molar-refractivity contribution >= 4 is 38.9 Å². The van der Waals surface area contributed by atoms with Gasteiger partial charge < -0.3 is 5.32 Å². The van der Waals surface area contributed by atoms with Crippen LogP contribution in [0.1, 0.15) is 15.9 Å². The first kappa shape index (κ1) is 16.6. The number of anilines is 1. The Morgan fingerprint density at radius 3 is 2.09 bits per heavy atom. The number of hydrogen-bond donors (Lipinski definition) is 1. The molecule has 0 aliphatic carbocycles. The molecule has 0 aromatic heterocycles. The molecule has 23 heavy (non-hydrogen) atoms. The molecule has 0 saturated carbocycles. The van der Waals surface area contributed by atoms with Gasteiger partial charge in [0.15, 0.2) is 0 Å². The number of halogens is 1. The molecule has 0 aliphatic rings. The topological polar surface area (TPSA) is 115 Å². The summed E-state index contributed by atoms with van der Waals surface area (Å²) in [5.41, 5.74) is 0.216. The van der Waals surface area contributed by atoms with E-state index < -0.39 is 27.1 Å². The van der Waals surface area contributed by atoms with Gasteiger partial charge in [-0.1, -0.05) is 6.07 Å². The highest BCUT2D eigenvalue weighted by atomic mass is 79.9. The predicted molar refractivity (Wildman–Crippen MR) is 86.6 cm³/mol. The van der Waals surface area contributed by atoms with E-state index in [0.717, 1.165) is 23.8 Å². The Morgan fingerprint density at radius 2 is 1.61 bits per heavy atom.